The van der Waals surface area contributed by atoms with Crippen molar-refractivity contribution in [3.05, 3.63) is 23.3 Å². The first-order chi connectivity index (χ1) is 11.3. The molecule has 23 heavy (non-hydrogen) atoms. The Bertz CT molecular complexity index is 839. The van der Waals surface area contributed by atoms with Gasteiger partial charge in [-0.3, -0.25) is 0 Å². The molecule has 0 unspecified atom stereocenters. The predicted octanol–water partition coefficient (Wildman–Crippen LogP) is 3.99. The van der Waals surface area contributed by atoms with Gasteiger partial charge < -0.3 is 10.7 Å². The third kappa shape index (κ3) is 3.69. The summed E-state index contributed by atoms with van der Waals surface area (Å²) < 4.78 is 0. The highest BCUT2D eigenvalue weighted by Crippen LogP contribution is 2.25. The number of anilines is 1. The first kappa shape index (κ1) is 15.5. The Labute approximate surface area is 139 Å². The quantitative estimate of drug-likeness (QED) is 0.549. The highest BCUT2D eigenvalue weighted by Gasteiger charge is 2.11. The number of aromatic amines is 1. The van der Waals surface area contributed by atoms with Crippen molar-refractivity contribution in [1.82, 2.24) is 19.9 Å². The minimum absolute atomic E-state index is 0.389. The van der Waals surface area contributed by atoms with Crippen LogP contribution in [0.1, 0.15) is 44.9 Å². The van der Waals surface area contributed by atoms with Crippen molar-refractivity contribution in [3.8, 4) is 22.5 Å². The Balaban J connectivity index is 1.79. The summed E-state index contributed by atoms with van der Waals surface area (Å²) in [6, 6.07) is 3.99. The van der Waals surface area contributed by atoms with Gasteiger partial charge in [0.2, 0.25) is 5.82 Å². The van der Waals surface area contributed by atoms with E-state index in [9.17, 15) is 0 Å². The third-order valence-electron chi connectivity index (χ3n) is 3.49. The highest BCUT2D eigenvalue weighted by molar-refractivity contribution is 7.13. The van der Waals surface area contributed by atoms with Gasteiger partial charge in [0.05, 0.1) is 4.88 Å². The third-order valence-corrected chi connectivity index (χ3v) is 4.37. The van der Waals surface area contributed by atoms with Crippen LogP contribution in [0.4, 0.5) is 5.82 Å². The summed E-state index contributed by atoms with van der Waals surface area (Å²) in [5.41, 5.74) is 7.24. The molecule has 0 aliphatic heterocycles. The van der Waals surface area contributed by atoms with Crippen molar-refractivity contribution in [2.75, 3.05) is 5.73 Å². The average molecular weight is 325 g/mol. The van der Waals surface area contributed by atoms with Crippen LogP contribution in [-0.4, -0.2) is 19.9 Å². The molecule has 5 nitrogen and oxygen atoms in total. The molecule has 0 amide bonds. The Hall–Kier alpha value is -2.39. The zero-order chi connectivity index (χ0) is 16.1. The molecule has 0 aromatic carbocycles. The van der Waals surface area contributed by atoms with Crippen LogP contribution in [0.5, 0.6) is 0 Å². The molecule has 3 rings (SSSR count). The number of unbranched alkanes of at least 4 members (excludes halogenated alkanes) is 4. The molecule has 3 aromatic heterocycles. The lowest BCUT2D eigenvalue weighted by Gasteiger charge is -1.95. The molecule has 3 heterocycles. The molecule has 0 bridgehead atoms. The van der Waals surface area contributed by atoms with E-state index in [1.807, 2.05) is 17.5 Å². The maximum Gasteiger partial charge on any atom is 0.209 e. The summed E-state index contributed by atoms with van der Waals surface area (Å²) in [5, 5.41) is 2.01. The minimum atomic E-state index is 0.389. The van der Waals surface area contributed by atoms with E-state index in [4.69, 9.17) is 5.73 Å². The Morgan fingerprint density at radius 1 is 1.22 bits per heavy atom. The summed E-state index contributed by atoms with van der Waals surface area (Å²) in [5.74, 6) is 7.71. The summed E-state index contributed by atoms with van der Waals surface area (Å²) in [6.07, 6.45) is 5.69. The molecule has 0 spiro atoms. The number of aromatic nitrogens is 4. The monoisotopic (exact) mass is 325 g/mol. The van der Waals surface area contributed by atoms with E-state index in [1.165, 1.54) is 19.3 Å². The van der Waals surface area contributed by atoms with Crippen molar-refractivity contribution >= 4 is 28.3 Å². The molecular weight excluding hydrogens is 306 g/mol. The van der Waals surface area contributed by atoms with Gasteiger partial charge >= 0.3 is 0 Å². The van der Waals surface area contributed by atoms with Gasteiger partial charge in [-0.1, -0.05) is 38.2 Å². The average Bonchev–Trinajstić information content (AvgIpc) is 3.19. The van der Waals surface area contributed by atoms with Gasteiger partial charge in [-0.05, 0) is 23.8 Å². The Morgan fingerprint density at radius 2 is 2.13 bits per heavy atom. The number of nitrogens with one attached hydrogen (secondary N) is 1. The van der Waals surface area contributed by atoms with Crippen LogP contribution in [0.25, 0.3) is 21.9 Å². The second-order valence-corrected chi connectivity index (χ2v) is 6.25. The second kappa shape index (κ2) is 7.25. The maximum absolute atomic E-state index is 6.01. The largest absolute Gasteiger partial charge is 0.382 e. The zero-order valence-corrected chi connectivity index (χ0v) is 13.9. The fourth-order valence-electron chi connectivity index (χ4n) is 2.29. The number of hydrogen-bond donors (Lipinski definition) is 2. The topological polar surface area (TPSA) is 80.5 Å². The summed E-state index contributed by atoms with van der Waals surface area (Å²) in [4.78, 5) is 17.4. The van der Waals surface area contributed by atoms with Crippen LogP contribution < -0.4 is 5.73 Å². The van der Waals surface area contributed by atoms with Gasteiger partial charge in [0.1, 0.15) is 5.52 Å². The molecule has 6 heteroatoms. The molecule has 0 radical (unpaired) electrons. The number of thiophene rings is 1. The SMILES string of the molecule is CCCCCCC#Cc1nc(N)c2[nH]c(-c3cccs3)nc2n1. The van der Waals surface area contributed by atoms with Crippen molar-refractivity contribution in [1.29, 1.82) is 0 Å². The van der Waals surface area contributed by atoms with E-state index in [1.54, 1.807) is 11.3 Å². The second-order valence-electron chi connectivity index (χ2n) is 5.31. The fourth-order valence-corrected chi connectivity index (χ4v) is 2.96. The smallest absolute Gasteiger partial charge is 0.209 e. The number of imidazole rings is 1. The van der Waals surface area contributed by atoms with Gasteiger partial charge in [-0.2, -0.15) is 4.98 Å². The summed E-state index contributed by atoms with van der Waals surface area (Å²) >= 11 is 1.61. The van der Waals surface area contributed by atoms with E-state index in [2.05, 4.69) is 38.7 Å². The van der Waals surface area contributed by atoms with E-state index in [0.29, 0.717) is 22.8 Å². The van der Waals surface area contributed by atoms with Crippen LogP contribution in [0.2, 0.25) is 0 Å². The van der Waals surface area contributed by atoms with Crippen LogP contribution in [-0.2, 0) is 0 Å². The van der Waals surface area contributed by atoms with Crippen LogP contribution in [0.15, 0.2) is 17.5 Å². The standard InChI is InChI=1S/C17H19N5S/c1-2-3-4-5-6-7-10-13-19-15(18)14-17(20-13)22-16(21-14)12-9-8-11-23-12/h8-9,11H,2-6H2,1H3,(H3,18,19,20,21,22). The normalized spacial score (nSPS) is 10.7. The van der Waals surface area contributed by atoms with Gasteiger partial charge in [0.25, 0.3) is 0 Å². The molecule has 0 atom stereocenters. The van der Waals surface area contributed by atoms with Crippen LogP contribution in [0, 0.1) is 11.8 Å². The lowest BCUT2D eigenvalue weighted by molar-refractivity contribution is 0.679. The number of hydrogen-bond acceptors (Lipinski definition) is 5. The number of nitrogen functional groups attached to an aromatic ring is 1. The van der Waals surface area contributed by atoms with E-state index < -0.39 is 0 Å². The van der Waals surface area contributed by atoms with E-state index >= 15 is 0 Å². The molecule has 0 fully saturated rings. The number of fused-ring (bicyclic) bond motifs is 1. The van der Waals surface area contributed by atoms with Crippen LogP contribution in [0.3, 0.4) is 0 Å². The molecule has 3 N–H and O–H groups in total. The maximum atomic E-state index is 6.01. The van der Waals surface area contributed by atoms with Crippen molar-refractivity contribution in [2.24, 2.45) is 0 Å². The van der Waals surface area contributed by atoms with Crippen molar-refractivity contribution in [2.45, 2.75) is 39.0 Å². The lowest BCUT2D eigenvalue weighted by Crippen LogP contribution is -1.97. The lowest BCUT2D eigenvalue weighted by atomic mass is 10.2. The van der Waals surface area contributed by atoms with Gasteiger partial charge in [0.15, 0.2) is 17.3 Å². The predicted molar refractivity (Wildman–Crippen MR) is 95.0 cm³/mol. The zero-order valence-electron chi connectivity index (χ0n) is 13.1. The first-order valence-corrected chi connectivity index (χ1v) is 8.72. The molecule has 0 saturated carbocycles. The van der Waals surface area contributed by atoms with Crippen molar-refractivity contribution < 1.29 is 0 Å². The number of rotatable bonds is 5. The van der Waals surface area contributed by atoms with Crippen LogP contribution >= 0.6 is 11.3 Å². The number of nitrogens with zero attached hydrogens (tertiary/aromatic N) is 3. The highest BCUT2D eigenvalue weighted by atomic mass is 32.1. The first-order valence-electron chi connectivity index (χ1n) is 7.84. The number of H-pyrrole nitrogens is 1. The molecular formula is C17H19N5S. The Morgan fingerprint density at radius 3 is 2.91 bits per heavy atom. The summed E-state index contributed by atoms with van der Waals surface area (Å²) in [6.45, 7) is 2.20. The molecule has 118 valence electrons. The summed E-state index contributed by atoms with van der Waals surface area (Å²) in [7, 11) is 0. The molecule has 0 saturated heterocycles. The Kier molecular flexibility index (Phi) is 4.89. The van der Waals surface area contributed by atoms with E-state index in [0.717, 1.165) is 23.5 Å². The van der Waals surface area contributed by atoms with Crippen molar-refractivity contribution in [3.63, 3.8) is 0 Å². The van der Waals surface area contributed by atoms with Gasteiger partial charge in [0, 0.05) is 6.42 Å². The molecule has 0 aliphatic carbocycles. The van der Waals surface area contributed by atoms with E-state index in [-0.39, 0.29) is 0 Å². The minimum Gasteiger partial charge on any atom is -0.382 e. The molecule has 0 aliphatic rings. The van der Waals surface area contributed by atoms with Gasteiger partial charge in [-0.25, -0.2) is 9.97 Å². The number of nitrogens with two attached hydrogens (primary N) is 1. The fraction of sp³-hybridized carbons (Fsp3) is 0.353. The molecule has 3 aromatic rings. The van der Waals surface area contributed by atoms with Gasteiger partial charge in [-0.15, -0.1) is 11.3 Å².